The van der Waals surface area contributed by atoms with Crippen LogP contribution in [0.5, 0.6) is 11.5 Å². The van der Waals surface area contributed by atoms with Crippen molar-refractivity contribution in [3.05, 3.63) is 47.2 Å². The Morgan fingerprint density at radius 1 is 1.19 bits per heavy atom. The first-order valence-corrected chi connectivity index (χ1v) is 8.28. The van der Waals surface area contributed by atoms with Crippen LogP contribution in [0.25, 0.3) is 0 Å². The quantitative estimate of drug-likeness (QED) is 0.559. The summed E-state index contributed by atoms with van der Waals surface area (Å²) >= 11 is 6.04. The van der Waals surface area contributed by atoms with Crippen molar-refractivity contribution in [2.24, 2.45) is 5.10 Å². The van der Waals surface area contributed by atoms with E-state index in [1.165, 1.54) is 20.4 Å². The molecule has 2 aromatic rings. The molecule has 9 heteroatoms. The maximum absolute atomic E-state index is 12.2. The van der Waals surface area contributed by atoms with Crippen molar-refractivity contribution in [2.45, 2.75) is 13.3 Å². The summed E-state index contributed by atoms with van der Waals surface area (Å²) in [6, 6.07) is 8.07. The number of benzene rings is 1. The van der Waals surface area contributed by atoms with Crippen molar-refractivity contribution < 1.29 is 19.1 Å². The highest BCUT2D eigenvalue weighted by Crippen LogP contribution is 2.35. The molecule has 0 bridgehead atoms. The van der Waals surface area contributed by atoms with Gasteiger partial charge < -0.3 is 14.8 Å². The smallest absolute Gasteiger partial charge is 0.289 e. The number of hydrazone groups is 1. The summed E-state index contributed by atoms with van der Waals surface area (Å²) in [7, 11) is 2.94. The predicted molar refractivity (Wildman–Crippen MR) is 103 cm³/mol. The lowest BCUT2D eigenvalue weighted by atomic mass is 10.2. The Bertz CT molecular complexity index is 856. The van der Waals surface area contributed by atoms with Gasteiger partial charge in [-0.25, -0.2) is 5.43 Å². The van der Waals surface area contributed by atoms with Crippen LogP contribution in [0.3, 0.4) is 0 Å². The molecule has 2 amide bonds. The van der Waals surface area contributed by atoms with Gasteiger partial charge >= 0.3 is 0 Å². The fourth-order valence-electron chi connectivity index (χ4n) is 2.12. The van der Waals surface area contributed by atoms with Crippen LogP contribution in [0, 0.1) is 0 Å². The van der Waals surface area contributed by atoms with Gasteiger partial charge in [-0.15, -0.1) is 0 Å². The van der Waals surface area contributed by atoms with Crippen molar-refractivity contribution in [1.29, 1.82) is 0 Å². The first kappa shape index (κ1) is 20.2. The number of hydrogen-bond acceptors (Lipinski definition) is 6. The molecule has 27 heavy (non-hydrogen) atoms. The van der Waals surface area contributed by atoms with Crippen molar-refractivity contribution in [2.75, 3.05) is 19.5 Å². The number of carbonyl (C=O) groups is 2. The van der Waals surface area contributed by atoms with Gasteiger partial charge in [0.25, 0.3) is 5.91 Å². The highest BCUT2D eigenvalue weighted by atomic mass is 35.5. The van der Waals surface area contributed by atoms with Gasteiger partial charge in [0, 0.05) is 24.0 Å². The van der Waals surface area contributed by atoms with Gasteiger partial charge in [0.05, 0.1) is 31.4 Å². The van der Waals surface area contributed by atoms with Crippen molar-refractivity contribution in [3.8, 4) is 11.5 Å². The third-order valence-corrected chi connectivity index (χ3v) is 3.71. The number of halogens is 1. The Balaban J connectivity index is 1.99. The minimum absolute atomic E-state index is 0.0312. The van der Waals surface area contributed by atoms with E-state index in [2.05, 4.69) is 20.8 Å². The highest BCUT2D eigenvalue weighted by Gasteiger charge is 2.13. The molecule has 0 aliphatic heterocycles. The Morgan fingerprint density at radius 2 is 1.93 bits per heavy atom. The summed E-state index contributed by atoms with van der Waals surface area (Å²) in [5.74, 6) is -0.00143. The van der Waals surface area contributed by atoms with E-state index in [1.807, 2.05) is 0 Å². The predicted octanol–water partition coefficient (Wildman–Crippen LogP) is 2.89. The van der Waals surface area contributed by atoms with Gasteiger partial charge in [-0.05, 0) is 19.1 Å². The molecule has 1 aromatic carbocycles. The van der Waals surface area contributed by atoms with Crippen LogP contribution in [-0.2, 0) is 4.79 Å². The zero-order valence-electron chi connectivity index (χ0n) is 15.1. The normalized spacial score (nSPS) is 10.9. The van der Waals surface area contributed by atoms with Crippen LogP contribution in [0.1, 0.15) is 23.8 Å². The first-order valence-electron chi connectivity index (χ1n) is 7.90. The molecule has 0 atom stereocenters. The van der Waals surface area contributed by atoms with Gasteiger partial charge in [0.2, 0.25) is 5.91 Å². The third-order valence-electron chi connectivity index (χ3n) is 3.41. The minimum atomic E-state index is -0.459. The molecule has 0 aliphatic carbocycles. The molecule has 2 N–H and O–H groups in total. The van der Waals surface area contributed by atoms with E-state index in [4.69, 9.17) is 21.1 Å². The summed E-state index contributed by atoms with van der Waals surface area (Å²) in [4.78, 5) is 28.1. The van der Waals surface area contributed by atoms with Crippen molar-refractivity contribution in [1.82, 2.24) is 10.4 Å². The molecule has 2 rings (SSSR count). The van der Waals surface area contributed by atoms with Gasteiger partial charge in [-0.3, -0.25) is 14.6 Å². The Labute approximate surface area is 161 Å². The number of methoxy groups -OCH3 is 2. The Hall–Kier alpha value is -3.13. The average molecular weight is 391 g/mol. The molecule has 0 unspecified atom stereocenters. The van der Waals surface area contributed by atoms with E-state index in [0.29, 0.717) is 27.9 Å². The van der Waals surface area contributed by atoms with Crippen LogP contribution < -0.4 is 20.2 Å². The summed E-state index contributed by atoms with van der Waals surface area (Å²) < 4.78 is 10.3. The molecule has 0 radical (unpaired) electrons. The van der Waals surface area contributed by atoms with Crippen LogP contribution in [0.2, 0.25) is 5.02 Å². The highest BCUT2D eigenvalue weighted by molar-refractivity contribution is 6.32. The zero-order valence-corrected chi connectivity index (χ0v) is 15.8. The minimum Gasteiger partial charge on any atom is -0.495 e. The second kappa shape index (κ2) is 9.54. The van der Waals surface area contributed by atoms with Gasteiger partial charge in [-0.1, -0.05) is 17.7 Å². The second-order valence-corrected chi connectivity index (χ2v) is 5.82. The average Bonchev–Trinajstić information content (AvgIpc) is 2.67. The number of carbonyl (C=O) groups excluding carboxylic acids is 2. The van der Waals surface area contributed by atoms with Gasteiger partial charge in [0.15, 0.2) is 0 Å². The van der Waals surface area contributed by atoms with Crippen molar-refractivity contribution in [3.63, 3.8) is 0 Å². The van der Waals surface area contributed by atoms with Crippen LogP contribution >= 0.6 is 11.6 Å². The number of nitrogens with one attached hydrogen (secondary N) is 2. The monoisotopic (exact) mass is 390 g/mol. The fourth-order valence-corrected chi connectivity index (χ4v) is 2.36. The standard InChI is InChI=1S/C18H19ClN4O4/c1-11(22-23-18(25)13-6-4-5-7-20-13)8-17(24)21-14-10-15(26-2)12(19)9-16(14)27-3/h4-7,9-10H,8H2,1-3H3,(H,21,24)(H,23,25)/b22-11+. The van der Waals surface area contributed by atoms with Crippen LogP contribution in [0.4, 0.5) is 5.69 Å². The van der Waals surface area contributed by atoms with Gasteiger partial charge in [0.1, 0.15) is 17.2 Å². The summed E-state index contributed by atoms with van der Waals surface area (Å²) in [5.41, 5.74) is 3.42. The molecule has 1 aromatic heterocycles. The second-order valence-electron chi connectivity index (χ2n) is 5.41. The van der Waals surface area contributed by atoms with E-state index in [1.54, 1.807) is 37.3 Å². The number of nitrogens with zero attached hydrogens (tertiary/aromatic N) is 2. The van der Waals surface area contributed by atoms with E-state index in [-0.39, 0.29) is 18.0 Å². The van der Waals surface area contributed by atoms with Crippen molar-refractivity contribution >= 4 is 34.8 Å². The Morgan fingerprint density at radius 3 is 2.56 bits per heavy atom. The lowest BCUT2D eigenvalue weighted by molar-refractivity contribution is -0.115. The molecular formula is C18H19ClN4O4. The zero-order chi connectivity index (χ0) is 19.8. The van der Waals surface area contributed by atoms with E-state index in [0.717, 1.165) is 0 Å². The molecule has 0 aliphatic rings. The topological polar surface area (TPSA) is 102 Å². The maximum Gasteiger partial charge on any atom is 0.289 e. The van der Waals surface area contributed by atoms with E-state index in [9.17, 15) is 9.59 Å². The molecule has 1 heterocycles. The fraction of sp³-hybridized carbons (Fsp3) is 0.222. The van der Waals surface area contributed by atoms with E-state index >= 15 is 0 Å². The summed E-state index contributed by atoms with van der Waals surface area (Å²) in [6.45, 7) is 1.62. The van der Waals surface area contributed by atoms with E-state index < -0.39 is 5.91 Å². The number of amides is 2. The number of pyridine rings is 1. The SMILES string of the molecule is COc1cc(NC(=O)C/C(C)=N/NC(=O)c2ccccn2)c(OC)cc1Cl. The number of rotatable bonds is 7. The molecular weight excluding hydrogens is 372 g/mol. The molecule has 142 valence electrons. The summed E-state index contributed by atoms with van der Waals surface area (Å²) in [5, 5.41) is 6.98. The number of hydrogen-bond donors (Lipinski definition) is 2. The largest absolute Gasteiger partial charge is 0.495 e. The lowest BCUT2D eigenvalue weighted by Crippen LogP contribution is -2.22. The van der Waals surface area contributed by atoms with Gasteiger partial charge in [-0.2, -0.15) is 5.10 Å². The molecule has 8 nitrogen and oxygen atoms in total. The third kappa shape index (κ3) is 5.68. The van der Waals surface area contributed by atoms with Crippen LogP contribution in [-0.4, -0.2) is 36.7 Å². The molecule has 0 saturated carbocycles. The number of ether oxygens (including phenoxy) is 2. The summed E-state index contributed by atoms with van der Waals surface area (Å²) in [6.07, 6.45) is 1.48. The lowest BCUT2D eigenvalue weighted by Gasteiger charge is -2.13. The maximum atomic E-state index is 12.2. The number of aromatic nitrogens is 1. The Kier molecular flexibility index (Phi) is 7.13. The number of anilines is 1. The molecule has 0 fully saturated rings. The molecule has 0 saturated heterocycles. The van der Waals surface area contributed by atoms with Crippen LogP contribution in [0.15, 0.2) is 41.6 Å². The first-order chi connectivity index (χ1) is 12.9. The molecule has 0 spiro atoms.